The number of nitrogens with one attached hydrogen (secondary N) is 1. The Bertz CT molecular complexity index is 424. The third-order valence-corrected chi connectivity index (χ3v) is 3.33. The van der Waals surface area contributed by atoms with E-state index in [0.717, 1.165) is 22.9 Å². The lowest BCUT2D eigenvalue weighted by atomic mass is 10.3. The highest BCUT2D eigenvalue weighted by atomic mass is 32.1. The fourth-order valence-corrected chi connectivity index (χ4v) is 2.07. The first kappa shape index (κ1) is 11.3. The summed E-state index contributed by atoms with van der Waals surface area (Å²) in [6, 6.07) is 2.23. The molecule has 2 aromatic rings. The average molecular weight is 237 g/mol. The summed E-state index contributed by atoms with van der Waals surface area (Å²) >= 11 is 1.66. The van der Waals surface area contributed by atoms with E-state index in [0.29, 0.717) is 6.54 Å². The van der Waals surface area contributed by atoms with Crippen LogP contribution in [0.25, 0.3) is 0 Å². The summed E-state index contributed by atoms with van der Waals surface area (Å²) < 4.78 is 5.19. The molecule has 0 aromatic carbocycles. The monoisotopic (exact) mass is 237 g/mol. The summed E-state index contributed by atoms with van der Waals surface area (Å²) in [7, 11) is 0. The van der Waals surface area contributed by atoms with E-state index in [-0.39, 0.29) is 6.04 Å². The molecular formula is C11H15N3OS. The molecule has 0 aliphatic carbocycles. The van der Waals surface area contributed by atoms with E-state index >= 15 is 0 Å². The van der Waals surface area contributed by atoms with Gasteiger partial charge in [-0.05, 0) is 13.3 Å². The molecule has 0 amide bonds. The minimum atomic E-state index is 0.246. The summed E-state index contributed by atoms with van der Waals surface area (Å²) in [5, 5.41) is 10.4. The van der Waals surface area contributed by atoms with Gasteiger partial charge in [0, 0.05) is 17.6 Å². The largest absolute Gasteiger partial charge is 0.360 e. The normalized spacial score (nSPS) is 12.9. The molecule has 0 aliphatic rings. The van der Waals surface area contributed by atoms with Gasteiger partial charge in [0.25, 0.3) is 0 Å². The molecule has 5 heteroatoms. The van der Waals surface area contributed by atoms with Gasteiger partial charge in [-0.1, -0.05) is 12.1 Å². The molecule has 0 saturated heterocycles. The van der Waals surface area contributed by atoms with Gasteiger partial charge in [-0.3, -0.25) is 0 Å². The topological polar surface area (TPSA) is 51.0 Å². The Hall–Kier alpha value is -1.20. The third kappa shape index (κ3) is 2.68. The maximum Gasteiger partial charge on any atom is 0.150 e. The van der Waals surface area contributed by atoms with E-state index in [9.17, 15) is 0 Å². The number of hydrogen-bond donors (Lipinski definition) is 1. The Morgan fingerprint density at radius 3 is 3.06 bits per heavy atom. The zero-order valence-corrected chi connectivity index (χ0v) is 10.3. The molecule has 1 unspecified atom stereocenters. The number of rotatable bonds is 5. The number of aromatic nitrogens is 2. The van der Waals surface area contributed by atoms with Gasteiger partial charge in [-0.15, -0.1) is 11.3 Å². The predicted molar refractivity (Wildman–Crippen MR) is 63.2 cm³/mol. The highest BCUT2D eigenvalue weighted by molar-refractivity contribution is 7.09. The van der Waals surface area contributed by atoms with Crippen molar-refractivity contribution in [3.63, 3.8) is 0 Å². The third-order valence-electron chi connectivity index (χ3n) is 2.37. The van der Waals surface area contributed by atoms with Crippen molar-refractivity contribution < 1.29 is 4.52 Å². The Morgan fingerprint density at radius 2 is 2.44 bits per heavy atom. The molecule has 16 heavy (non-hydrogen) atoms. The lowest BCUT2D eigenvalue weighted by Gasteiger charge is -2.08. The van der Waals surface area contributed by atoms with Crippen LogP contribution in [0.1, 0.15) is 36.4 Å². The minimum Gasteiger partial charge on any atom is -0.360 e. The highest BCUT2D eigenvalue weighted by Gasteiger charge is 2.09. The maximum atomic E-state index is 5.19. The van der Waals surface area contributed by atoms with Crippen molar-refractivity contribution in [2.24, 2.45) is 0 Å². The average Bonchev–Trinajstić information content (AvgIpc) is 2.96. The molecule has 0 aliphatic heterocycles. The first-order chi connectivity index (χ1) is 7.79. The minimum absolute atomic E-state index is 0.246. The van der Waals surface area contributed by atoms with Crippen molar-refractivity contribution in [3.05, 3.63) is 34.1 Å². The van der Waals surface area contributed by atoms with Gasteiger partial charge in [0.1, 0.15) is 5.01 Å². The van der Waals surface area contributed by atoms with Gasteiger partial charge in [0.05, 0.1) is 18.3 Å². The van der Waals surface area contributed by atoms with Gasteiger partial charge >= 0.3 is 0 Å². The molecular weight excluding hydrogens is 222 g/mol. The zero-order chi connectivity index (χ0) is 11.4. The van der Waals surface area contributed by atoms with Crippen molar-refractivity contribution in [2.75, 3.05) is 0 Å². The lowest BCUT2D eigenvalue weighted by molar-refractivity contribution is 0.361. The molecule has 1 N–H and O–H groups in total. The fraction of sp³-hybridized carbons (Fsp3) is 0.455. The highest BCUT2D eigenvalue weighted by Crippen LogP contribution is 2.15. The lowest BCUT2D eigenvalue weighted by Crippen LogP contribution is -2.17. The van der Waals surface area contributed by atoms with Crippen LogP contribution in [0.4, 0.5) is 0 Å². The molecule has 0 saturated carbocycles. The van der Waals surface area contributed by atoms with Crippen LogP contribution in [-0.2, 0) is 13.0 Å². The molecule has 2 aromatic heterocycles. The summed E-state index contributed by atoms with van der Waals surface area (Å²) in [6.45, 7) is 4.84. The second kappa shape index (κ2) is 5.23. The Morgan fingerprint density at radius 1 is 1.56 bits per heavy atom. The molecule has 2 heterocycles. The SMILES string of the molecule is CCc1cc(CNC(C)c2nccs2)on1. The van der Waals surface area contributed by atoms with E-state index in [4.69, 9.17) is 4.52 Å². The molecule has 2 rings (SSSR count). The second-order valence-electron chi connectivity index (χ2n) is 3.61. The molecule has 0 spiro atoms. The van der Waals surface area contributed by atoms with E-state index in [1.54, 1.807) is 11.3 Å². The first-order valence-electron chi connectivity index (χ1n) is 5.37. The van der Waals surface area contributed by atoms with E-state index in [2.05, 4.69) is 29.3 Å². The number of nitrogens with zero attached hydrogens (tertiary/aromatic N) is 2. The van der Waals surface area contributed by atoms with Gasteiger partial charge in [-0.25, -0.2) is 4.98 Å². The van der Waals surface area contributed by atoms with Crippen LogP contribution in [0, 0.1) is 0 Å². The second-order valence-corrected chi connectivity index (χ2v) is 4.54. The van der Waals surface area contributed by atoms with Crippen molar-refractivity contribution in [3.8, 4) is 0 Å². The standard InChI is InChI=1S/C11H15N3OS/c1-3-9-6-10(15-14-9)7-13-8(2)11-12-4-5-16-11/h4-6,8,13H,3,7H2,1-2H3. The molecule has 0 radical (unpaired) electrons. The smallest absolute Gasteiger partial charge is 0.150 e. The van der Waals surface area contributed by atoms with Gasteiger partial charge in [0.15, 0.2) is 5.76 Å². The van der Waals surface area contributed by atoms with Crippen LogP contribution in [0.2, 0.25) is 0 Å². The zero-order valence-electron chi connectivity index (χ0n) is 9.43. The Balaban J connectivity index is 1.87. The van der Waals surface area contributed by atoms with Crippen molar-refractivity contribution in [1.29, 1.82) is 0 Å². The summed E-state index contributed by atoms with van der Waals surface area (Å²) in [5.41, 5.74) is 0.999. The maximum absolute atomic E-state index is 5.19. The van der Waals surface area contributed by atoms with Gasteiger partial charge < -0.3 is 9.84 Å². The van der Waals surface area contributed by atoms with Crippen LogP contribution >= 0.6 is 11.3 Å². The van der Waals surface area contributed by atoms with E-state index in [1.807, 2.05) is 17.6 Å². The Labute approximate surface area is 98.7 Å². The van der Waals surface area contributed by atoms with Crippen LogP contribution < -0.4 is 5.32 Å². The molecule has 0 bridgehead atoms. The summed E-state index contributed by atoms with van der Waals surface area (Å²) in [6.07, 6.45) is 2.73. The predicted octanol–water partition coefficient (Wildman–Crippen LogP) is 2.54. The quantitative estimate of drug-likeness (QED) is 0.868. The first-order valence-corrected chi connectivity index (χ1v) is 6.24. The van der Waals surface area contributed by atoms with Crippen molar-refractivity contribution in [2.45, 2.75) is 32.9 Å². The van der Waals surface area contributed by atoms with E-state index < -0.39 is 0 Å². The number of hydrogen-bond acceptors (Lipinski definition) is 5. The van der Waals surface area contributed by atoms with Gasteiger partial charge in [0.2, 0.25) is 0 Å². The van der Waals surface area contributed by atoms with Crippen molar-refractivity contribution >= 4 is 11.3 Å². The number of thiazole rings is 1. The fourth-order valence-electron chi connectivity index (χ4n) is 1.40. The van der Waals surface area contributed by atoms with Crippen molar-refractivity contribution in [1.82, 2.24) is 15.5 Å². The van der Waals surface area contributed by atoms with E-state index in [1.165, 1.54) is 0 Å². The van der Waals surface area contributed by atoms with Crippen LogP contribution in [-0.4, -0.2) is 10.1 Å². The molecule has 0 fully saturated rings. The van der Waals surface area contributed by atoms with Gasteiger partial charge in [-0.2, -0.15) is 0 Å². The summed E-state index contributed by atoms with van der Waals surface area (Å²) in [5.74, 6) is 0.875. The van der Waals surface area contributed by atoms with Crippen LogP contribution in [0.5, 0.6) is 0 Å². The molecule has 86 valence electrons. The molecule has 4 nitrogen and oxygen atoms in total. The Kier molecular flexibility index (Phi) is 3.69. The summed E-state index contributed by atoms with van der Waals surface area (Å²) in [4.78, 5) is 4.26. The van der Waals surface area contributed by atoms with Crippen LogP contribution in [0.3, 0.4) is 0 Å². The van der Waals surface area contributed by atoms with Crippen LogP contribution in [0.15, 0.2) is 22.2 Å². The molecule has 1 atom stereocenters. The number of aryl methyl sites for hydroxylation is 1.